The second-order valence-corrected chi connectivity index (χ2v) is 12.3. The fraction of sp³-hybridized carbons (Fsp3) is 0.459. The SMILES string of the molecule is CCCCCCCc1ccc(-c2ccc(CNC[C@H]3CC[C@@H](Nc4nc(N(C)C)c5ccccc5n4)CC3)cc2)cc1. The van der Waals surface area contributed by atoms with E-state index in [1.807, 2.05) is 26.2 Å². The molecule has 1 saturated carbocycles. The lowest BCUT2D eigenvalue weighted by Crippen LogP contribution is -2.31. The minimum Gasteiger partial charge on any atom is -0.362 e. The van der Waals surface area contributed by atoms with Gasteiger partial charge in [-0.2, -0.15) is 4.98 Å². The minimum absolute atomic E-state index is 0.435. The van der Waals surface area contributed by atoms with Crippen LogP contribution in [0.2, 0.25) is 0 Å². The number of unbranched alkanes of at least 4 members (excludes halogenated alkanes) is 4. The zero-order valence-electron chi connectivity index (χ0n) is 25.9. The molecular weight excluding hydrogens is 514 g/mol. The molecule has 5 nitrogen and oxygen atoms in total. The Labute approximate surface area is 253 Å². The summed E-state index contributed by atoms with van der Waals surface area (Å²) in [5, 5.41) is 8.46. The molecule has 0 spiro atoms. The van der Waals surface area contributed by atoms with E-state index in [0.717, 1.165) is 54.5 Å². The third kappa shape index (κ3) is 8.32. The first-order valence-corrected chi connectivity index (χ1v) is 16.2. The number of nitrogens with zero attached hydrogens (tertiary/aromatic N) is 3. The quantitative estimate of drug-likeness (QED) is 0.150. The summed E-state index contributed by atoms with van der Waals surface area (Å²) < 4.78 is 0. The summed E-state index contributed by atoms with van der Waals surface area (Å²) in [5.41, 5.74) is 6.41. The molecule has 1 aliphatic carbocycles. The smallest absolute Gasteiger partial charge is 0.225 e. The van der Waals surface area contributed by atoms with Crippen LogP contribution in [0.5, 0.6) is 0 Å². The van der Waals surface area contributed by atoms with Gasteiger partial charge in [0.1, 0.15) is 5.82 Å². The molecule has 2 N–H and O–H groups in total. The van der Waals surface area contributed by atoms with Crippen molar-refractivity contribution in [1.29, 1.82) is 0 Å². The third-order valence-electron chi connectivity index (χ3n) is 8.76. The molecule has 0 unspecified atom stereocenters. The Bertz CT molecular complexity index is 1370. The van der Waals surface area contributed by atoms with Crippen molar-refractivity contribution in [1.82, 2.24) is 15.3 Å². The second-order valence-electron chi connectivity index (χ2n) is 12.3. The van der Waals surface area contributed by atoms with Gasteiger partial charge >= 0.3 is 0 Å². The average molecular weight is 564 g/mol. The summed E-state index contributed by atoms with van der Waals surface area (Å²) in [6.07, 6.45) is 12.7. The second kappa shape index (κ2) is 15.2. The van der Waals surface area contributed by atoms with E-state index in [1.165, 1.54) is 73.6 Å². The van der Waals surface area contributed by atoms with Gasteiger partial charge in [0.15, 0.2) is 0 Å². The molecule has 1 fully saturated rings. The van der Waals surface area contributed by atoms with Gasteiger partial charge in [0, 0.05) is 32.1 Å². The maximum Gasteiger partial charge on any atom is 0.225 e. The highest BCUT2D eigenvalue weighted by molar-refractivity contribution is 5.90. The van der Waals surface area contributed by atoms with Gasteiger partial charge < -0.3 is 15.5 Å². The number of hydrogen-bond acceptors (Lipinski definition) is 5. The summed E-state index contributed by atoms with van der Waals surface area (Å²) in [6.45, 7) is 4.27. The molecule has 3 aromatic carbocycles. The molecule has 1 aromatic heterocycles. The predicted octanol–water partition coefficient (Wildman–Crippen LogP) is 8.64. The zero-order valence-corrected chi connectivity index (χ0v) is 25.9. The summed E-state index contributed by atoms with van der Waals surface area (Å²) >= 11 is 0. The van der Waals surface area contributed by atoms with E-state index in [2.05, 4.69) is 83.1 Å². The van der Waals surface area contributed by atoms with Crippen LogP contribution in [0.15, 0.2) is 72.8 Å². The average Bonchev–Trinajstić information content (AvgIpc) is 3.02. The Hall–Kier alpha value is -3.44. The van der Waals surface area contributed by atoms with E-state index in [4.69, 9.17) is 9.97 Å². The van der Waals surface area contributed by atoms with Crippen LogP contribution in [0.1, 0.15) is 75.8 Å². The lowest BCUT2D eigenvalue weighted by Gasteiger charge is -2.29. The standard InChI is InChI=1S/C37H49N5/c1-4-5-6-7-8-11-28-14-20-31(21-15-28)32-22-16-29(17-23-32)26-38-27-30-18-24-33(25-19-30)39-37-40-35-13-10-9-12-34(35)36(41-37)42(2)3/h9-10,12-17,20-23,30,33,38H,4-8,11,18-19,24-27H2,1-3H3,(H,39,40,41)/t30-,33+. The molecule has 0 atom stereocenters. The minimum atomic E-state index is 0.435. The Morgan fingerprint density at radius 1 is 0.738 bits per heavy atom. The van der Waals surface area contributed by atoms with E-state index in [1.54, 1.807) is 0 Å². The maximum absolute atomic E-state index is 4.84. The number of anilines is 2. The number of aryl methyl sites for hydroxylation is 1. The monoisotopic (exact) mass is 563 g/mol. The number of fused-ring (bicyclic) bond motifs is 1. The number of nitrogens with one attached hydrogen (secondary N) is 2. The van der Waals surface area contributed by atoms with Crippen LogP contribution in [-0.2, 0) is 13.0 Å². The molecule has 0 bridgehead atoms. The van der Waals surface area contributed by atoms with Crippen molar-refractivity contribution < 1.29 is 0 Å². The van der Waals surface area contributed by atoms with E-state index in [-0.39, 0.29) is 0 Å². The lowest BCUT2D eigenvalue weighted by molar-refractivity contribution is 0.324. The maximum atomic E-state index is 4.84. The van der Waals surface area contributed by atoms with Crippen LogP contribution in [-0.4, -0.2) is 36.6 Å². The van der Waals surface area contributed by atoms with Crippen LogP contribution < -0.4 is 15.5 Å². The highest BCUT2D eigenvalue weighted by Crippen LogP contribution is 2.28. The summed E-state index contributed by atoms with van der Waals surface area (Å²) in [5.74, 6) is 2.44. The lowest BCUT2D eigenvalue weighted by atomic mass is 9.86. The Balaban J connectivity index is 1.03. The van der Waals surface area contributed by atoms with Crippen LogP contribution in [0.25, 0.3) is 22.0 Å². The first kappa shape index (κ1) is 30.0. The number of aromatic nitrogens is 2. The van der Waals surface area contributed by atoms with E-state index < -0.39 is 0 Å². The van der Waals surface area contributed by atoms with Gasteiger partial charge in [0.25, 0.3) is 0 Å². The molecule has 0 aliphatic heterocycles. The molecule has 5 rings (SSSR count). The zero-order chi connectivity index (χ0) is 29.1. The predicted molar refractivity (Wildman–Crippen MR) is 179 cm³/mol. The van der Waals surface area contributed by atoms with Gasteiger partial charge in [-0.05, 0) is 85.4 Å². The van der Waals surface area contributed by atoms with Crippen LogP contribution in [0.3, 0.4) is 0 Å². The van der Waals surface area contributed by atoms with Gasteiger partial charge in [-0.3, -0.25) is 0 Å². The van der Waals surface area contributed by atoms with Gasteiger partial charge in [-0.1, -0.05) is 93.3 Å². The number of para-hydroxylation sites is 1. The molecule has 1 aliphatic rings. The number of rotatable bonds is 14. The van der Waals surface area contributed by atoms with Crippen LogP contribution in [0, 0.1) is 5.92 Å². The molecule has 4 aromatic rings. The number of benzene rings is 3. The Morgan fingerprint density at radius 2 is 1.40 bits per heavy atom. The van der Waals surface area contributed by atoms with Gasteiger partial charge in [-0.15, -0.1) is 0 Å². The van der Waals surface area contributed by atoms with Crippen LogP contribution >= 0.6 is 0 Å². The van der Waals surface area contributed by atoms with E-state index in [0.29, 0.717) is 6.04 Å². The summed E-state index contributed by atoms with van der Waals surface area (Å²) in [7, 11) is 4.08. The van der Waals surface area contributed by atoms with Crippen molar-refractivity contribution in [2.45, 2.75) is 83.7 Å². The van der Waals surface area contributed by atoms with Crippen molar-refractivity contribution in [3.8, 4) is 11.1 Å². The van der Waals surface area contributed by atoms with E-state index in [9.17, 15) is 0 Å². The normalized spacial score (nSPS) is 16.9. The van der Waals surface area contributed by atoms with E-state index >= 15 is 0 Å². The first-order valence-electron chi connectivity index (χ1n) is 16.2. The molecular formula is C37H49N5. The molecule has 0 radical (unpaired) electrons. The van der Waals surface area contributed by atoms with Crippen molar-refractivity contribution in [2.75, 3.05) is 30.9 Å². The highest BCUT2D eigenvalue weighted by Gasteiger charge is 2.22. The third-order valence-corrected chi connectivity index (χ3v) is 8.76. The topological polar surface area (TPSA) is 53.1 Å². The van der Waals surface area contributed by atoms with Crippen molar-refractivity contribution in [3.05, 3.63) is 83.9 Å². The fourth-order valence-electron chi connectivity index (χ4n) is 6.19. The van der Waals surface area contributed by atoms with Gasteiger partial charge in [-0.25, -0.2) is 4.98 Å². The summed E-state index contributed by atoms with van der Waals surface area (Å²) in [4.78, 5) is 11.7. The Kier molecular flexibility index (Phi) is 10.8. The molecule has 1 heterocycles. The first-order chi connectivity index (χ1) is 20.6. The van der Waals surface area contributed by atoms with Crippen molar-refractivity contribution in [3.63, 3.8) is 0 Å². The number of hydrogen-bond donors (Lipinski definition) is 2. The van der Waals surface area contributed by atoms with Crippen molar-refractivity contribution in [2.24, 2.45) is 5.92 Å². The largest absolute Gasteiger partial charge is 0.362 e. The molecule has 222 valence electrons. The fourth-order valence-corrected chi connectivity index (χ4v) is 6.19. The highest BCUT2D eigenvalue weighted by atomic mass is 15.2. The Morgan fingerprint density at radius 3 is 2.10 bits per heavy atom. The van der Waals surface area contributed by atoms with Crippen LogP contribution in [0.4, 0.5) is 11.8 Å². The van der Waals surface area contributed by atoms with Gasteiger partial charge in [0.05, 0.1) is 5.52 Å². The molecule has 0 saturated heterocycles. The molecule has 42 heavy (non-hydrogen) atoms. The summed E-state index contributed by atoms with van der Waals surface area (Å²) in [6, 6.07) is 27.0. The van der Waals surface area contributed by atoms with Gasteiger partial charge in [0.2, 0.25) is 5.95 Å². The molecule has 0 amide bonds. The molecule has 5 heteroatoms. The van der Waals surface area contributed by atoms with Crippen molar-refractivity contribution >= 4 is 22.7 Å².